The van der Waals surface area contributed by atoms with Crippen LogP contribution >= 0.6 is 0 Å². The molecule has 1 aromatic carbocycles. The van der Waals surface area contributed by atoms with Gasteiger partial charge < -0.3 is 10.1 Å². The van der Waals surface area contributed by atoms with Crippen molar-refractivity contribution in [3.8, 4) is 0 Å². The van der Waals surface area contributed by atoms with Gasteiger partial charge in [-0.25, -0.2) is 0 Å². The summed E-state index contributed by atoms with van der Waals surface area (Å²) in [7, 11) is 0. The van der Waals surface area contributed by atoms with E-state index in [0.717, 1.165) is 24.9 Å². The molecule has 3 atom stereocenters. The van der Waals surface area contributed by atoms with E-state index >= 15 is 0 Å². The Morgan fingerprint density at radius 1 is 1.44 bits per heavy atom. The first-order chi connectivity index (χ1) is 8.76. The highest BCUT2D eigenvalue weighted by Gasteiger charge is 2.67. The van der Waals surface area contributed by atoms with Gasteiger partial charge in [0.1, 0.15) is 12.1 Å². The number of hydrogen-bond acceptors (Lipinski definition) is 3. The number of ether oxygens (including phenoxy) is 1. The first kappa shape index (κ1) is 11.7. The van der Waals surface area contributed by atoms with Crippen LogP contribution in [0.1, 0.15) is 25.3 Å². The second kappa shape index (κ2) is 4.39. The lowest BCUT2D eigenvalue weighted by atomic mass is 10.0. The van der Waals surface area contributed by atoms with Crippen LogP contribution in [0.3, 0.4) is 0 Å². The molecular formula is C15H19NO2. The zero-order valence-electron chi connectivity index (χ0n) is 10.7. The lowest BCUT2D eigenvalue weighted by molar-refractivity contribution is -0.148. The van der Waals surface area contributed by atoms with Gasteiger partial charge in [0.25, 0.3) is 0 Å². The van der Waals surface area contributed by atoms with Crippen LogP contribution in [0.15, 0.2) is 30.3 Å². The number of carbonyl (C=O) groups is 1. The normalized spacial score (nSPS) is 32.9. The number of carbonyl (C=O) groups excluding carboxylic acids is 1. The first-order valence-electron chi connectivity index (χ1n) is 6.72. The maximum Gasteiger partial charge on any atom is 0.326 e. The molecule has 0 aromatic heterocycles. The molecule has 2 aliphatic rings. The molecule has 1 saturated heterocycles. The average molecular weight is 245 g/mol. The van der Waals surface area contributed by atoms with Crippen LogP contribution in [0.4, 0.5) is 0 Å². The summed E-state index contributed by atoms with van der Waals surface area (Å²) < 4.78 is 5.45. The van der Waals surface area contributed by atoms with E-state index in [1.165, 1.54) is 0 Å². The van der Waals surface area contributed by atoms with Crippen molar-refractivity contribution >= 4 is 5.97 Å². The summed E-state index contributed by atoms with van der Waals surface area (Å²) in [5, 5.41) is 3.37. The van der Waals surface area contributed by atoms with E-state index in [1.807, 2.05) is 30.3 Å². The molecule has 1 heterocycles. The molecule has 0 amide bonds. The summed E-state index contributed by atoms with van der Waals surface area (Å²) in [4.78, 5) is 12.2. The van der Waals surface area contributed by atoms with Gasteiger partial charge in [0, 0.05) is 0 Å². The van der Waals surface area contributed by atoms with Gasteiger partial charge in [-0.15, -0.1) is 0 Å². The molecule has 3 unspecified atom stereocenters. The highest BCUT2D eigenvalue weighted by molar-refractivity contribution is 5.86. The van der Waals surface area contributed by atoms with Crippen molar-refractivity contribution in [2.24, 2.45) is 11.8 Å². The lowest BCUT2D eigenvalue weighted by Crippen LogP contribution is -2.38. The first-order valence-corrected chi connectivity index (χ1v) is 6.72. The van der Waals surface area contributed by atoms with Crippen molar-refractivity contribution in [3.63, 3.8) is 0 Å². The van der Waals surface area contributed by atoms with Crippen LogP contribution < -0.4 is 5.32 Å². The van der Waals surface area contributed by atoms with E-state index in [2.05, 4.69) is 12.2 Å². The molecule has 0 radical (unpaired) electrons. The maximum atomic E-state index is 12.2. The Hall–Kier alpha value is -1.35. The molecule has 3 nitrogen and oxygen atoms in total. The summed E-state index contributed by atoms with van der Waals surface area (Å²) >= 11 is 0. The number of esters is 1. The van der Waals surface area contributed by atoms with Crippen molar-refractivity contribution < 1.29 is 9.53 Å². The van der Waals surface area contributed by atoms with E-state index in [4.69, 9.17) is 4.74 Å². The molecule has 3 rings (SSSR count). The predicted molar refractivity (Wildman–Crippen MR) is 68.9 cm³/mol. The monoisotopic (exact) mass is 245 g/mol. The van der Waals surface area contributed by atoms with Gasteiger partial charge in [-0.2, -0.15) is 0 Å². The molecule has 3 heteroatoms. The molecule has 96 valence electrons. The number of nitrogens with one attached hydrogen (secondary N) is 1. The molecule has 0 spiro atoms. The smallest absolute Gasteiger partial charge is 0.326 e. The van der Waals surface area contributed by atoms with Crippen molar-refractivity contribution in [2.45, 2.75) is 31.9 Å². The minimum Gasteiger partial charge on any atom is -0.459 e. The standard InChI is InChI=1S/C15H19NO2/c1-2-12-9-16-15(8-13(12)15)14(17)18-10-11-6-4-3-5-7-11/h3-7,12-13,16H,2,8-10H2,1H3. The van der Waals surface area contributed by atoms with Crippen LogP contribution in [0.2, 0.25) is 0 Å². The van der Waals surface area contributed by atoms with Crippen LogP contribution in [0.25, 0.3) is 0 Å². The second-order valence-electron chi connectivity index (χ2n) is 5.39. The molecule has 2 fully saturated rings. The van der Waals surface area contributed by atoms with Crippen LogP contribution in [-0.2, 0) is 16.1 Å². The van der Waals surface area contributed by atoms with Gasteiger partial charge in [0.05, 0.1) is 0 Å². The van der Waals surface area contributed by atoms with Crippen LogP contribution in [0.5, 0.6) is 0 Å². The van der Waals surface area contributed by atoms with Crippen molar-refractivity contribution in [3.05, 3.63) is 35.9 Å². The minimum atomic E-state index is -0.338. The third kappa shape index (κ3) is 1.83. The highest BCUT2D eigenvalue weighted by atomic mass is 16.5. The van der Waals surface area contributed by atoms with Gasteiger partial charge in [0.2, 0.25) is 0 Å². The van der Waals surface area contributed by atoms with Crippen LogP contribution in [0, 0.1) is 11.8 Å². The Labute approximate surface area is 108 Å². The van der Waals surface area contributed by atoms with E-state index in [0.29, 0.717) is 18.4 Å². The zero-order valence-corrected chi connectivity index (χ0v) is 10.7. The Kier molecular flexibility index (Phi) is 2.86. The fraction of sp³-hybridized carbons (Fsp3) is 0.533. The van der Waals surface area contributed by atoms with Crippen LogP contribution in [-0.4, -0.2) is 18.1 Å². The van der Waals surface area contributed by atoms with Gasteiger partial charge in [-0.1, -0.05) is 43.7 Å². The van der Waals surface area contributed by atoms with Gasteiger partial charge in [0.15, 0.2) is 0 Å². The fourth-order valence-electron chi connectivity index (χ4n) is 3.10. The van der Waals surface area contributed by atoms with E-state index in [-0.39, 0.29) is 11.5 Å². The summed E-state index contributed by atoms with van der Waals surface area (Å²) in [6.07, 6.45) is 2.10. The Morgan fingerprint density at radius 2 is 2.22 bits per heavy atom. The Bertz CT molecular complexity index is 445. The third-order valence-electron chi connectivity index (χ3n) is 4.36. The number of hydrogen-bond donors (Lipinski definition) is 1. The van der Waals surface area contributed by atoms with Crippen molar-refractivity contribution in [2.75, 3.05) is 6.54 Å². The molecule has 1 saturated carbocycles. The number of rotatable bonds is 4. The van der Waals surface area contributed by atoms with Gasteiger partial charge >= 0.3 is 5.97 Å². The molecule has 1 aliphatic carbocycles. The maximum absolute atomic E-state index is 12.2. The minimum absolute atomic E-state index is 0.0627. The lowest BCUT2D eigenvalue weighted by Gasteiger charge is -2.12. The largest absolute Gasteiger partial charge is 0.459 e. The third-order valence-corrected chi connectivity index (χ3v) is 4.36. The highest BCUT2D eigenvalue weighted by Crippen LogP contribution is 2.54. The van der Waals surface area contributed by atoms with Crippen molar-refractivity contribution in [1.82, 2.24) is 5.32 Å². The van der Waals surface area contributed by atoms with E-state index < -0.39 is 0 Å². The van der Waals surface area contributed by atoms with Gasteiger partial charge in [-0.3, -0.25) is 4.79 Å². The Balaban J connectivity index is 1.58. The SMILES string of the molecule is CCC1CNC2(C(=O)OCc3ccccc3)CC12. The molecular weight excluding hydrogens is 226 g/mol. The van der Waals surface area contributed by atoms with Crippen molar-refractivity contribution in [1.29, 1.82) is 0 Å². The topological polar surface area (TPSA) is 38.3 Å². The fourth-order valence-corrected chi connectivity index (χ4v) is 3.10. The number of benzene rings is 1. The molecule has 1 aliphatic heterocycles. The predicted octanol–water partition coefficient (Wildman–Crippen LogP) is 2.12. The molecule has 1 N–H and O–H groups in total. The van der Waals surface area contributed by atoms with Gasteiger partial charge in [-0.05, 0) is 30.4 Å². The van der Waals surface area contributed by atoms with E-state index in [9.17, 15) is 4.79 Å². The Morgan fingerprint density at radius 3 is 2.83 bits per heavy atom. The number of piperidine rings is 1. The zero-order chi connectivity index (χ0) is 12.6. The number of fused-ring (bicyclic) bond motifs is 1. The summed E-state index contributed by atoms with van der Waals surface area (Å²) in [5.41, 5.74) is 0.708. The second-order valence-corrected chi connectivity index (χ2v) is 5.39. The summed E-state index contributed by atoms with van der Waals surface area (Å²) in [6.45, 7) is 3.53. The molecule has 1 aromatic rings. The molecule has 18 heavy (non-hydrogen) atoms. The van der Waals surface area contributed by atoms with E-state index in [1.54, 1.807) is 0 Å². The quantitative estimate of drug-likeness (QED) is 0.826. The summed E-state index contributed by atoms with van der Waals surface area (Å²) in [6, 6.07) is 9.84. The molecule has 0 bridgehead atoms. The average Bonchev–Trinajstić information content (AvgIpc) is 3.05. The summed E-state index contributed by atoms with van der Waals surface area (Å²) in [5.74, 6) is 1.09.